The molecule has 0 bridgehead atoms. The topological polar surface area (TPSA) is 93.2 Å². The minimum absolute atomic E-state index is 0.234. The molecule has 0 aliphatic carbocycles. The Morgan fingerprint density at radius 3 is 2.55 bits per heavy atom. The second kappa shape index (κ2) is 7.72. The number of carbonyl (C=O) groups excluding carboxylic acids is 2. The normalized spacial score (nSPS) is 9.86. The van der Waals surface area contributed by atoms with E-state index in [9.17, 15) is 9.59 Å². The molecule has 0 spiro atoms. The molecule has 0 aliphatic rings. The second-order valence-electron chi connectivity index (χ2n) is 4.40. The molecular weight excluding hydrogens is 284 g/mol. The maximum Gasteiger partial charge on any atom is 0.314 e. The molecule has 1 aromatic carbocycles. The first-order chi connectivity index (χ1) is 10.7. The van der Waals surface area contributed by atoms with Gasteiger partial charge in [0.2, 0.25) is 0 Å². The zero-order valence-electron chi connectivity index (χ0n) is 12.1. The van der Waals surface area contributed by atoms with Gasteiger partial charge in [0, 0.05) is 18.9 Å². The standard InChI is InChI=1S/C15H16N4O3/c1-22-12-4-2-11(3-5-12)6-7-18-14(20)15(21)19-13-10-16-8-9-17-13/h2-5,8-10H,6-7H2,1H3,(H,18,20)(H,17,19,21). The molecule has 0 aliphatic heterocycles. The van der Waals surface area contributed by atoms with Crippen LogP contribution in [0.2, 0.25) is 0 Å². The molecule has 22 heavy (non-hydrogen) atoms. The van der Waals surface area contributed by atoms with E-state index < -0.39 is 11.8 Å². The van der Waals surface area contributed by atoms with Crippen molar-refractivity contribution in [3.05, 3.63) is 48.4 Å². The summed E-state index contributed by atoms with van der Waals surface area (Å²) in [5, 5.41) is 4.91. The number of hydrogen-bond acceptors (Lipinski definition) is 5. The van der Waals surface area contributed by atoms with Crippen LogP contribution in [-0.2, 0) is 16.0 Å². The average Bonchev–Trinajstić information content (AvgIpc) is 2.56. The van der Waals surface area contributed by atoms with Gasteiger partial charge in [0.05, 0.1) is 13.3 Å². The Morgan fingerprint density at radius 1 is 1.14 bits per heavy atom. The highest BCUT2D eigenvalue weighted by Crippen LogP contribution is 2.11. The van der Waals surface area contributed by atoms with Crippen LogP contribution in [0.3, 0.4) is 0 Å². The van der Waals surface area contributed by atoms with Crippen molar-refractivity contribution in [1.29, 1.82) is 0 Å². The quantitative estimate of drug-likeness (QED) is 0.796. The Bertz CT molecular complexity index is 629. The summed E-state index contributed by atoms with van der Waals surface area (Å²) in [6.45, 7) is 0.360. The predicted molar refractivity (Wildman–Crippen MR) is 80.4 cm³/mol. The first kappa shape index (κ1) is 15.4. The highest BCUT2D eigenvalue weighted by atomic mass is 16.5. The van der Waals surface area contributed by atoms with E-state index in [2.05, 4.69) is 20.6 Å². The third-order valence-electron chi connectivity index (χ3n) is 2.87. The van der Waals surface area contributed by atoms with Crippen LogP contribution in [0.1, 0.15) is 5.56 Å². The molecule has 0 saturated carbocycles. The minimum atomic E-state index is -0.768. The van der Waals surface area contributed by atoms with Crippen molar-refractivity contribution in [2.45, 2.75) is 6.42 Å². The van der Waals surface area contributed by atoms with Gasteiger partial charge in [-0.25, -0.2) is 4.98 Å². The molecule has 2 aromatic rings. The average molecular weight is 300 g/mol. The highest BCUT2D eigenvalue weighted by Gasteiger charge is 2.13. The first-order valence-corrected chi connectivity index (χ1v) is 6.67. The summed E-state index contributed by atoms with van der Waals surface area (Å²) in [6.07, 6.45) is 4.89. The molecule has 2 N–H and O–H groups in total. The van der Waals surface area contributed by atoms with Crippen LogP contribution in [0, 0.1) is 0 Å². The molecule has 0 fully saturated rings. The van der Waals surface area contributed by atoms with Crippen LogP contribution in [0.5, 0.6) is 5.75 Å². The molecule has 0 radical (unpaired) electrons. The number of anilines is 1. The summed E-state index contributed by atoms with van der Waals surface area (Å²) in [5.41, 5.74) is 1.04. The summed E-state index contributed by atoms with van der Waals surface area (Å²) in [6, 6.07) is 7.51. The molecule has 2 rings (SSSR count). The Hall–Kier alpha value is -2.96. The van der Waals surface area contributed by atoms with Gasteiger partial charge in [-0.1, -0.05) is 12.1 Å². The van der Waals surface area contributed by atoms with E-state index in [1.165, 1.54) is 18.6 Å². The number of hydrogen-bond donors (Lipinski definition) is 2. The maximum atomic E-state index is 11.6. The lowest BCUT2D eigenvalue weighted by atomic mass is 10.1. The minimum Gasteiger partial charge on any atom is -0.497 e. The van der Waals surface area contributed by atoms with Gasteiger partial charge < -0.3 is 15.4 Å². The molecule has 7 heteroatoms. The molecule has 0 unspecified atom stereocenters. The monoisotopic (exact) mass is 300 g/mol. The van der Waals surface area contributed by atoms with Gasteiger partial charge in [0.1, 0.15) is 5.75 Å². The van der Waals surface area contributed by atoms with Crippen LogP contribution in [-0.4, -0.2) is 35.4 Å². The first-order valence-electron chi connectivity index (χ1n) is 6.67. The number of rotatable bonds is 5. The smallest absolute Gasteiger partial charge is 0.314 e. The van der Waals surface area contributed by atoms with Crippen molar-refractivity contribution in [2.24, 2.45) is 0 Å². The summed E-state index contributed by atoms with van der Waals surface area (Å²) in [7, 11) is 1.60. The van der Waals surface area contributed by atoms with Gasteiger partial charge >= 0.3 is 11.8 Å². The lowest BCUT2D eigenvalue weighted by molar-refractivity contribution is -0.136. The fourth-order valence-corrected chi connectivity index (χ4v) is 1.73. The molecule has 0 saturated heterocycles. The van der Waals surface area contributed by atoms with Crippen molar-refractivity contribution >= 4 is 17.6 Å². The van der Waals surface area contributed by atoms with Crippen LogP contribution in [0.25, 0.3) is 0 Å². The predicted octanol–water partition coefficient (Wildman–Crippen LogP) is 0.783. The summed E-state index contributed by atoms with van der Waals surface area (Å²) in [5.74, 6) is -0.469. The van der Waals surface area contributed by atoms with Crippen molar-refractivity contribution in [1.82, 2.24) is 15.3 Å². The lowest BCUT2D eigenvalue weighted by Gasteiger charge is -2.06. The van der Waals surface area contributed by atoms with E-state index in [1.807, 2.05) is 24.3 Å². The fourth-order valence-electron chi connectivity index (χ4n) is 1.73. The number of nitrogens with one attached hydrogen (secondary N) is 2. The molecule has 2 amide bonds. The molecule has 1 aromatic heterocycles. The molecule has 114 valence electrons. The van der Waals surface area contributed by atoms with Crippen LogP contribution >= 0.6 is 0 Å². The van der Waals surface area contributed by atoms with E-state index in [4.69, 9.17) is 4.74 Å². The summed E-state index contributed by atoms with van der Waals surface area (Å²) in [4.78, 5) is 30.9. The van der Waals surface area contributed by atoms with Gasteiger partial charge in [-0.15, -0.1) is 0 Å². The maximum absolute atomic E-state index is 11.6. The van der Waals surface area contributed by atoms with Crippen LogP contribution < -0.4 is 15.4 Å². The highest BCUT2D eigenvalue weighted by molar-refractivity contribution is 6.39. The lowest BCUT2D eigenvalue weighted by Crippen LogP contribution is -2.36. The van der Waals surface area contributed by atoms with Gasteiger partial charge in [0.25, 0.3) is 0 Å². The van der Waals surface area contributed by atoms with Crippen LogP contribution in [0.4, 0.5) is 5.82 Å². The Balaban J connectivity index is 1.76. The molecular formula is C15H16N4O3. The zero-order chi connectivity index (χ0) is 15.8. The van der Waals surface area contributed by atoms with Gasteiger partial charge in [-0.05, 0) is 24.1 Å². The van der Waals surface area contributed by atoms with Gasteiger partial charge in [-0.3, -0.25) is 14.6 Å². The molecule has 1 heterocycles. The van der Waals surface area contributed by atoms with Crippen molar-refractivity contribution in [2.75, 3.05) is 19.0 Å². The summed E-state index contributed by atoms with van der Waals surface area (Å²) < 4.78 is 5.07. The Kier molecular flexibility index (Phi) is 5.42. The third-order valence-corrected chi connectivity index (χ3v) is 2.87. The Morgan fingerprint density at radius 2 is 1.91 bits per heavy atom. The number of benzene rings is 1. The Labute approximate surface area is 127 Å². The SMILES string of the molecule is COc1ccc(CCNC(=O)C(=O)Nc2cnccn2)cc1. The van der Waals surface area contributed by atoms with E-state index in [1.54, 1.807) is 7.11 Å². The van der Waals surface area contributed by atoms with Gasteiger partial charge in [-0.2, -0.15) is 0 Å². The number of methoxy groups -OCH3 is 1. The summed E-state index contributed by atoms with van der Waals surface area (Å²) >= 11 is 0. The van der Waals surface area contributed by atoms with Crippen molar-refractivity contribution < 1.29 is 14.3 Å². The number of aromatic nitrogens is 2. The zero-order valence-corrected chi connectivity index (χ0v) is 12.1. The van der Waals surface area contributed by atoms with E-state index >= 15 is 0 Å². The number of amides is 2. The number of ether oxygens (including phenoxy) is 1. The fraction of sp³-hybridized carbons (Fsp3) is 0.200. The number of carbonyl (C=O) groups is 2. The molecule has 7 nitrogen and oxygen atoms in total. The largest absolute Gasteiger partial charge is 0.497 e. The van der Waals surface area contributed by atoms with Crippen LogP contribution in [0.15, 0.2) is 42.9 Å². The van der Waals surface area contributed by atoms with Gasteiger partial charge in [0.15, 0.2) is 5.82 Å². The van der Waals surface area contributed by atoms with E-state index in [0.717, 1.165) is 11.3 Å². The number of nitrogens with zero attached hydrogens (tertiary/aromatic N) is 2. The van der Waals surface area contributed by atoms with Crippen molar-refractivity contribution in [3.63, 3.8) is 0 Å². The molecule has 0 atom stereocenters. The van der Waals surface area contributed by atoms with Crippen molar-refractivity contribution in [3.8, 4) is 5.75 Å². The van der Waals surface area contributed by atoms with E-state index in [0.29, 0.717) is 13.0 Å². The van der Waals surface area contributed by atoms with E-state index in [-0.39, 0.29) is 5.82 Å². The second-order valence-corrected chi connectivity index (χ2v) is 4.40. The third kappa shape index (κ3) is 4.55.